The van der Waals surface area contributed by atoms with Gasteiger partial charge in [0.05, 0.1) is 0 Å². The molecular weight excluding hydrogens is 350 g/mol. The van der Waals surface area contributed by atoms with Crippen LogP contribution in [0.5, 0.6) is 0 Å². The zero-order valence-corrected chi connectivity index (χ0v) is 17.9. The number of hydrogen-bond acceptors (Lipinski definition) is 3. The molecule has 0 radical (unpaired) electrons. The van der Waals surface area contributed by atoms with E-state index in [2.05, 4.69) is 64.7 Å². The van der Waals surface area contributed by atoms with E-state index in [1.165, 1.54) is 5.56 Å². The molecule has 0 aliphatic carbocycles. The van der Waals surface area contributed by atoms with Crippen molar-refractivity contribution >= 4 is 11.9 Å². The number of piperidine rings is 1. The SMILES string of the molecule is CC(C)CCNC(=NCC(=O)N(C)C)NC1CCN(Cc2ccccc2)CC1. The topological polar surface area (TPSA) is 60.0 Å². The second-order valence-corrected chi connectivity index (χ2v) is 8.24. The zero-order valence-electron chi connectivity index (χ0n) is 17.9. The Morgan fingerprint density at radius 1 is 1.21 bits per heavy atom. The molecule has 1 amide bonds. The molecule has 1 fully saturated rings. The van der Waals surface area contributed by atoms with E-state index in [0.29, 0.717) is 12.0 Å². The first-order chi connectivity index (χ1) is 13.4. The first kappa shape index (κ1) is 22.2. The lowest BCUT2D eigenvalue weighted by Crippen LogP contribution is -2.49. The minimum Gasteiger partial charge on any atom is -0.356 e. The molecule has 28 heavy (non-hydrogen) atoms. The normalized spacial score (nSPS) is 16.2. The number of likely N-dealkylation sites (tertiary alicyclic amines) is 1. The average molecular weight is 388 g/mol. The summed E-state index contributed by atoms with van der Waals surface area (Å²) in [5.74, 6) is 1.42. The van der Waals surface area contributed by atoms with E-state index in [0.717, 1.165) is 51.4 Å². The van der Waals surface area contributed by atoms with Crippen molar-refractivity contribution in [3.63, 3.8) is 0 Å². The Labute approximate surface area is 170 Å². The molecule has 0 saturated carbocycles. The van der Waals surface area contributed by atoms with Gasteiger partial charge in [0.15, 0.2) is 5.96 Å². The number of guanidine groups is 1. The Kier molecular flexibility index (Phi) is 9.28. The number of nitrogens with zero attached hydrogens (tertiary/aromatic N) is 3. The van der Waals surface area contributed by atoms with Gasteiger partial charge in [0.2, 0.25) is 5.91 Å². The summed E-state index contributed by atoms with van der Waals surface area (Å²) in [6, 6.07) is 11.0. The molecule has 1 aromatic carbocycles. The van der Waals surface area contributed by atoms with Crippen LogP contribution in [-0.4, -0.2) is 68.0 Å². The summed E-state index contributed by atoms with van der Waals surface area (Å²) in [5.41, 5.74) is 1.37. The van der Waals surface area contributed by atoms with Gasteiger partial charge < -0.3 is 15.5 Å². The van der Waals surface area contributed by atoms with Crippen LogP contribution in [0.3, 0.4) is 0 Å². The Bertz CT molecular complexity index is 607. The maximum atomic E-state index is 11.9. The predicted molar refractivity (Wildman–Crippen MR) is 116 cm³/mol. The van der Waals surface area contributed by atoms with Gasteiger partial charge in [-0.15, -0.1) is 0 Å². The fourth-order valence-electron chi connectivity index (χ4n) is 3.19. The summed E-state index contributed by atoms with van der Waals surface area (Å²) in [6.45, 7) is 8.63. The van der Waals surface area contributed by atoms with E-state index in [1.807, 2.05) is 0 Å². The fourth-order valence-corrected chi connectivity index (χ4v) is 3.19. The standard InChI is InChI=1S/C22H37N5O/c1-18(2)10-13-23-22(24-16-21(28)26(3)4)25-20-11-14-27(15-12-20)17-19-8-6-5-7-9-19/h5-9,18,20H,10-17H2,1-4H3,(H2,23,24,25). The molecule has 0 bridgehead atoms. The molecule has 156 valence electrons. The number of amides is 1. The molecule has 0 unspecified atom stereocenters. The third-order valence-corrected chi connectivity index (χ3v) is 5.06. The minimum atomic E-state index is 0.0163. The third kappa shape index (κ3) is 8.30. The third-order valence-electron chi connectivity index (χ3n) is 5.06. The molecule has 0 atom stereocenters. The summed E-state index contributed by atoms with van der Waals surface area (Å²) < 4.78 is 0. The van der Waals surface area contributed by atoms with Crippen molar-refractivity contribution in [2.75, 3.05) is 40.3 Å². The highest BCUT2D eigenvalue weighted by Gasteiger charge is 2.20. The Balaban J connectivity index is 1.83. The van der Waals surface area contributed by atoms with Crippen LogP contribution < -0.4 is 10.6 Å². The van der Waals surface area contributed by atoms with Crippen molar-refractivity contribution in [2.24, 2.45) is 10.9 Å². The first-order valence-corrected chi connectivity index (χ1v) is 10.5. The predicted octanol–water partition coefficient (Wildman–Crippen LogP) is 2.32. The van der Waals surface area contributed by atoms with Gasteiger partial charge in [-0.25, -0.2) is 4.99 Å². The number of carbonyl (C=O) groups is 1. The van der Waals surface area contributed by atoms with Crippen LogP contribution in [0.1, 0.15) is 38.7 Å². The summed E-state index contributed by atoms with van der Waals surface area (Å²) in [5, 5.41) is 6.95. The number of aliphatic imine (C=N–C) groups is 1. The number of rotatable bonds is 8. The minimum absolute atomic E-state index is 0.0163. The van der Waals surface area contributed by atoms with E-state index < -0.39 is 0 Å². The second-order valence-electron chi connectivity index (χ2n) is 8.24. The Hall–Kier alpha value is -2.08. The number of hydrogen-bond donors (Lipinski definition) is 2. The van der Waals surface area contributed by atoms with E-state index in [1.54, 1.807) is 19.0 Å². The van der Waals surface area contributed by atoms with Crippen molar-refractivity contribution in [2.45, 2.75) is 45.7 Å². The zero-order chi connectivity index (χ0) is 20.4. The maximum Gasteiger partial charge on any atom is 0.243 e. The van der Waals surface area contributed by atoms with Gasteiger partial charge >= 0.3 is 0 Å². The lowest BCUT2D eigenvalue weighted by atomic mass is 10.0. The van der Waals surface area contributed by atoms with Crippen molar-refractivity contribution in [1.82, 2.24) is 20.4 Å². The Morgan fingerprint density at radius 2 is 1.89 bits per heavy atom. The smallest absolute Gasteiger partial charge is 0.243 e. The molecule has 1 saturated heterocycles. The highest BCUT2D eigenvalue weighted by Crippen LogP contribution is 2.13. The molecule has 0 spiro atoms. The number of benzene rings is 1. The molecule has 1 aliphatic heterocycles. The molecule has 1 heterocycles. The molecule has 6 nitrogen and oxygen atoms in total. The lowest BCUT2D eigenvalue weighted by molar-refractivity contribution is -0.127. The summed E-state index contributed by atoms with van der Waals surface area (Å²) >= 11 is 0. The molecular formula is C22H37N5O. The van der Waals surface area contributed by atoms with Crippen molar-refractivity contribution in [3.8, 4) is 0 Å². The average Bonchev–Trinajstić information content (AvgIpc) is 2.67. The first-order valence-electron chi connectivity index (χ1n) is 10.5. The van der Waals surface area contributed by atoms with E-state index in [9.17, 15) is 4.79 Å². The van der Waals surface area contributed by atoms with E-state index >= 15 is 0 Å². The van der Waals surface area contributed by atoms with Crippen LogP contribution in [0.4, 0.5) is 0 Å². The monoisotopic (exact) mass is 387 g/mol. The molecule has 1 aliphatic rings. The summed E-state index contributed by atoms with van der Waals surface area (Å²) in [4.78, 5) is 20.5. The summed E-state index contributed by atoms with van der Waals surface area (Å²) in [6.07, 6.45) is 3.25. The van der Waals surface area contributed by atoms with Gasteiger partial charge in [-0.2, -0.15) is 0 Å². The quantitative estimate of drug-likeness (QED) is 0.531. The van der Waals surface area contributed by atoms with E-state index in [4.69, 9.17) is 0 Å². The Morgan fingerprint density at radius 3 is 2.50 bits per heavy atom. The van der Waals surface area contributed by atoms with Gasteiger partial charge in [0, 0.05) is 46.3 Å². The van der Waals surface area contributed by atoms with Crippen molar-refractivity contribution < 1.29 is 4.79 Å². The van der Waals surface area contributed by atoms with Gasteiger partial charge in [-0.3, -0.25) is 9.69 Å². The maximum absolute atomic E-state index is 11.9. The molecule has 6 heteroatoms. The van der Waals surface area contributed by atoms with Crippen LogP contribution >= 0.6 is 0 Å². The molecule has 2 N–H and O–H groups in total. The van der Waals surface area contributed by atoms with Gasteiger partial charge in [0.1, 0.15) is 6.54 Å². The highest BCUT2D eigenvalue weighted by atomic mass is 16.2. The number of carbonyl (C=O) groups excluding carboxylic acids is 1. The van der Waals surface area contributed by atoms with Gasteiger partial charge in [0.25, 0.3) is 0 Å². The van der Waals surface area contributed by atoms with Crippen molar-refractivity contribution in [1.29, 1.82) is 0 Å². The van der Waals surface area contributed by atoms with E-state index in [-0.39, 0.29) is 12.5 Å². The highest BCUT2D eigenvalue weighted by molar-refractivity contribution is 5.84. The molecule has 0 aromatic heterocycles. The largest absolute Gasteiger partial charge is 0.356 e. The van der Waals surface area contributed by atoms with Crippen LogP contribution in [0.25, 0.3) is 0 Å². The van der Waals surface area contributed by atoms with Crippen molar-refractivity contribution in [3.05, 3.63) is 35.9 Å². The molecule has 1 aromatic rings. The fraction of sp³-hybridized carbons (Fsp3) is 0.636. The number of likely N-dealkylation sites (N-methyl/N-ethyl adjacent to an activating group) is 1. The van der Waals surface area contributed by atoms with Gasteiger partial charge in [-0.1, -0.05) is 44.2 Å². The lowest BCUT2D eigenvalue weighted by Gasteiger charge is -2.33. The van der Waals surface area contributed by atoms with Crippen LogP contribution in [0, 0.1) is 5.92 Å². The van der Waals surface area contributed by atoms with Crippen LogP contribution in [0.2, 0.25) is 0 Å². The second kappa shape index (κ2) is 11.7. The van der Waals surface area contributed by atoms with Crippen LogP contribution in [-0.2, 0) is 11.3 Å². The van der Waals surface area contributed by atoms with Crippen LogP contribution in [0.15, 0.2) is 35.3 Å². The molecule has 2 rings (SSSR count). The van der Waals surface area contributed by atoms with Gasteiger partial charge in [-0.05, 0) is 30.7 Å². The summed E-state index contributed by atoms with van der Waals surface area (Å²) in [7, 11) is 3.53. The number of nitrogens with one attached hydrogen (secondary N) is 2.